The second-order valence-electron chi connectivity index (χ2n) is 6.21. The number of nitrogens with one attached hydrogen (secondary N) is 1. The molecule has 0 aliphatic rings. The van der Waals surface area contributed by atoms with E-state index in [0.717, 1.165) is 0 Å². The Morgan fingerprint density at radius 2 is 1.87 bits per heavy atom. The summed E-state index contributed by atoms with van der Waals surface area (Å²) in [7, 11) is 1.54. The molecule has 4 nitrogen and oxygen atoms in total. The third-order valence-electron chi connectivity index (χ3n) is 4.20. The fourth-order valence-electron chi connectivity index (χ4n) is 2.63. The van der Waals surface area contributed by atoms with Gasteiger partial charge in [-0.1, -0.05) is 41.4 Å². The molecule has 0 saturated carbocycles. The molecule has 0 aliphatic heterocycles. The van der Waals surface area contributed by atoms with Gasteiger partial charge < -0.3 is 14.8 Å². The number of rotatable bonds is 8. The molecule has 7 heteroatoms. The van der Waals surface area contributed by atoms with E-state index in [1.54, 1.807) is 48.5 Å². The Balaban J connectivity index is 1.62. The first-order valence-corrected chi connectivity index (χ1v) is 9.70. The second-order valence-corrected chi connectivity index (χ2v) is 7.02. The van der Waals surface area contributed by atoms with Crippen molar-refractivity contribution in [1.29, 1.82) is 0 Å². The van der Waals surface area contributed by atoms with Crippen molar-refractivity contribution in [2.24, 2.45) is 0 Å². The van der Waals surface area contributed by atoms with Crippen LogP contribution in [0.3, 0.4) is 0 Å². The zero-order valence-corrected chi connectivity index (χ0v) is 17.5. The van der Waals surface area contributed by atoms with Gasteiger partial charge in [0.2, 0.25) is 0 Å². The van der Waals surface area contributed by atoms with Crippen molar-refractivity contribution in [3.8, 4) is 11.5 Å². The lowest BCUT2D eigenvalue weighted by Gasteiger charge is -2.09. The molecular weight excluding hydrogens is 428 g/mol. The number of hydrogen-bond donors (Lipinski definition) is 1. The minimum atomic E-state index is -0.442. The van der Waals surface area contributed by atoms with Crippen LogP contribution in [0.5, 0.6) is 11.5 Å². The van der Waals surface area contributed by atoms with Crippen molar-refractivity contribution < 1.29 is 18.7 Å². The Labute approximate surface area is 183 Å². The van der Waals surface area contributed by atoms with E-state index in [2.05, 4.69) is 5.32 Å². The van der Waals surface area contributed by atoms with Crippen molar-refractivity contribution >= 4 is 34.7 Å². The predicted octanol–water partition coefficient (Wildman–Crippen LogP) is 6.53. The van der Waals surface area contributed by atoms with Gasteiger partial charge in [0.15, 0.2) is 5.78 Å². The average Bonchev–Trinajstić information content (AvgIpc) is 2.74. The van der Waals surface area contributed by atoms with Crippen LogP contribution in [0.25, 0.3) is 0 Å². The van der Waals surface area contributed by atoms with E-state index in [1.807, 2.05) is 0 Å². The molecule has 3 rings (SSSR count). The largest absolute Gasteiger partial charge is 0.495 e. The Kier molecular flexibility index (Phi) is 7.33. The van der Waals surface area contributed by atoms with Crippen LogP contribution in [0.4, 0.5) is 10.1 Å². The number of ether oxygens (including phenoxy) is 2. The molecular formula is C23H18Cl2FNO3. The molecule has 0 unspecified atom stereocenters. The summed E-state index contributed by atoms with van der Waals surface area (Å²) in [4.78, 5) is 12.4. The van der Waals surface area contributed by atoms with Gasteiger partial charge in [-0.05, 0) is 42.5 Å². The zero-order chi connectivity index (χ0) is 21.5. The average molecular weight is 446 g/mol. The Hall–Kier alpha value is -3.02. The summed E-state index contributed by atoms with van der Waals surface area (Å²) in [5, 5.41) is 3.73. The van der Waals surface area contributed by atoms with E-state index < -0.39 is 5.82 Å². The van der Waals surface area contributed by atoms with E-state index >= 15 is 0 Å². The summed E-state index contributed by atoms with van der Waals surface area (Å²) >= 11 is 12.1. The SMILES string of the molecule is COc1ccc(NC=CC(=O)c2cccc(OCc3c(F)cccc3Cl)c2)cc1Cl. The number of anilines is 1. The van der Waals surface area contributed by atoms with E-state index in [1.165, 1.54) is 31.5 Å². The van der Waals surface area contributed by atoms with E-state index in [4.69, 9.17) is 32.7 Å². The van der Waals surface area contributed by atoms with Gasteiger partial charge in [0, 0.05) is 29.1 Å². The summed E-state index contributed by atoms with van der Waals surface area (Å²) in [6, 6.07) is 16.3. The van der Waals surface area contributed by atoms with E-state index in [9.17, 15) is 9.18 Å². The van der Waals surface area contributed by atoms with Gasteiger partial charge in [0.25, 0.3) is 0 Å². The number of ketones is 1. The zero-order valence-electron chi connectivity index (χ0n) is 16.0. The van der Waals surface area contributed by atoms with Gasteiger partial charge in [-0.25, -0.2) is 4.39 Å². The number of methoxy groups -OCH3 is 1. The summed E-state index contributed by atoms with van der Waals surface area (Å²) in [6.45, 7) is -0.0429. The van der Waals surface area contributed by atoms with E-state index in [0.29, 0.717) is 27.8 Å². The molecule has 0 aromatic heterocycles. The molecule has 0 amide bonds. The molecule has 3 aromatic carbocycles. The van der Waals surface area contributed by atoms with Crippen molar-refractivity contribution in [2.45, 2.75) is 6.61 Å². The first kappa shape index (κ1) is 21.7. The Morgan fingerprint density at radius 1 is 1.07 bits per heavy atom. The molecule has 0 spiro atoms. The fourth-order valence-corrected chi connectivity index (χ4v) is 3.11. The van der Waals surface area contributed by atoms with E-state index in [-0.39, 0.29) is 23.0 Å². The normalized spacial score (nSPS) is 10.8. The summed E-state index contributed by atoms with van der Waals surface area (Å²) in [5.41, 5.74) is 1.40. The summed E-state index contributed by atoms with van der Waals surface area (Å²) < 4.78 is 24.6. The fraction of sp³-hybridized carbons (Fsp3) is 0.0870. The van der Waals surface area contributed by atoms with Gasteiger partial charge in [0.05, 0.1) is 17.2 Å². The van der Waals surface area contributed by atoms with Gasteiger partial charge in [0.1, 0.15) is 23.9 Å². The first-order valence-electron chi connectivity index (χ1n) is 8.94. The maximum Gasteiger partial charge on any atom is 0.187 e. The number of benzene rings is 3. The third kappa shape index (κ3) is 5.53. The molecule has 1 N–H and O–H groups in total. The molecule has 0 fully saturated rings. The van der Waals surface area contributed by atoms with Crippen LogP contribution in [0.1, 0.15) is 15.9 Å². The van der Waals surface area contributed by atoms with Gasteiger partial charge in [-0.3, -0.25) is 4.79 Å². The highest BCUT2D eigenvalue weighted by Gasteiger charge is 2.09. The number of carbonyl (C=O) groups is 1. The van der Waals surface area contributed by atoms with Crippen LogP contribution in [0.15, 0.2) is 72.9 Å². The molecule has 0 radical (unpaired) electrons. The quantitative estimate of drug-likeness (QED) is 0.316. The molecule has 30 heavy (non-hydrogen) atoms. The van der Waals surface area contributed by atoms with Crippen LogP contribution in [-0.4, -0.2) is 12.9 Å². The lowest BCUT2D eigenvalue weighted by molar-refractivity contribution is 0.104. The minimum Gasteiger partial charge on any atom is -0.495 e. The summed E-state index contributed by atoms with van der Waals surface area (Å²) in [6.07, 6.45) is 2.91. The molecule has 0 aliphatic carbocycles. The minimum absolute atomic E-state index is 0.0429. The number of hydrogen-bond acceptors (Lipinski definition) is 4. The van der Waals surface area contributed by atoms with Crippen LogP contribution >= 0.6 is 23.2 Å². The standard InChI is InChI=1S/C23H18Cl2FNO3/c1-29-23-9-8-16(13-20(23)25)27-11-10-22(28)15-4-2-5-17(12-15)30-14-18-19(24)6-3-7-21(18)26/h2-13,27H,14H2,1H3. The lowest BCUT2D eigenvalue weighted by Crippen LogP contribution is -2.01. The highest BCUT2D eigenvalue weighted by atomic mass is 35.5. The van der Waals surface area contributed by atoms with Crippen LogP contribution in [-0.2, 0) is 6.61 Å². The second kappa shape index (κ2) is 10.1. The van der Waals surface area contributed by atoms with Crippen LogP contribution < -0.4 is 14.8 Å². The monoisotopic (exact) mass is 445 g/mol. The first-order chi connectivity index (χ1) is 14.5. The molecule has 0 saturated heterocycles. The van der Waals surface area contributed by atoms with Crippen molar-refractivity contribution in [3.05, 3.63) is 99.9 Å². The van der Waals surface area contributed by atoms with Crippen LogP contribution in [0.2, 0.25) is 10.0 Å². The summed E-state index contributed by atoms with van der Waals surface area (Å²) in [5.74, 6) is 0.332. The Bertz CT molecular complexity index is 1070. The maximum atomic E-state index is 13.9. The molecule has 0 heterocycles. The maximum absolute atomic E-state index is 13.9. The molecule has 0 atom stereocenters. The smallest absolute Gasteiger partial charge is 0.187 e. The van der Waals surface area contributed by atoms with Gasteiger partial charge >= 0.3 is 0 Å². The highest BCUT2D eigenvalue weighted by Crippen LogP contribution is 2.27. The topological polar surface area (TPSA) is 47.6 Å². The number of halogens is 3. The van der Waals surface area contributed by atoms with Crippen molar-refractivity contribution in [1.82, 2.24) is 0 Å². The highest BCUT2D eigenvalue weighted by molar-refractivity contribution is 6.32. The predicted molar refractivity (Wildman–Crippen MR) is 117 cm³/mol. The molecule has 0 bridgehead atoms. The van der Waals surface area contributed by atoms with Crippen LogP contribution in [0, 0.1) is 5.82 Å². The van der Waals surface area contributed by atoms with Crippen molar-refractivity contribution in [3.63, 3.8) is 0 Å². The number of carbonyl (C=O) groups excluding carboxylic acids is 1. The molecule has 154 valence electrons. The van der Waals surface area contributed by atoms with Gasteiger partial charge in [-0.15, -0.1) is 0 Å². The lowest BCUT2D eigenvalue weighted by atomic mass is 10.1. The van der Waals surface area contributed by atoms with Gasteiger partial charge in [-0.2, -0.15) is 0 Å². The van der Waals surface area contributed by atoms with Crippen molar-refractivity contribution in [2.75, 3.05) is 12.4 Å². The number of allylic oxidation sites excluding steroid dienone is 1. The third-order valence-corrected chi connectivity index (χ3v) is 4.85. The molecule has 3 aromatic rings. The Morgan fingerprint density at radius 3 is 2.60 bits per heavy atom.